The largest absolute Gasteiger partial charge is 0.395 e. The van der Waals surface area contributed by atoms with Crippen LogP contribution in [0.25, 0.3) is 0 Å². The zero-order chi connectivity index (χ0) is 14.5. The predicted octanol–water partition coefficient (Wildman–Crippen LogP) is 4.01. The summed E-state index contributed by atoms with van der Waals surface area (Å²) in [6.07, 6.45) is 0. The fraction of sp³-hybridized carbons (Fsp3) is 0.100. The Morgan fingerprint density at radius 1 is 0.545 bits per heavy atom. The van der Waals surface area contributed by atoms with Crippen LogP contribution in [0.4, 0.5) is 0 Å². The molecular formula is C20H18OTi. The molecule has 3 rings (SSSR count). The van der Waals surface area contributed by atoms with Crippen LogP contribution in [0.2, 0.25) is 0 Å². The van der Waals surface area contributed by atoms with E-state index in [1.54, 1.807) is 0 Å². The normalized spacial score (nSPS) is 10.8. The van der Waals surface area contributed by atoms with Gasteiger partial charge in [0.05, 0.1) is 12.0 Å². The Balaban J connectivity index is 0.00000176. The van der Waals surface area contributed by atoms with Gasteiger partial charge in [0.2, 0.25) is 0 Å². The maximum atomic E-state index is 10.3. The summed E-state index contributed by atoms with van der Waals surface area (Å²) in [5.41, 5.74) is 2.78. The van der Waals surface area contributed by atoms with Gasteiger partial charge >= 0.3 is 0 Å². The number of benzene rings is 3. The minimum Gasteiger partial charge on any atom is -0.395 e. The fourth-order valence-corrected chi connectivity index (χ4v) is 2.94. The zero-order valence-corrected chi connectivity index (χ0v) is 13.9. The molecule has 0 unspecified atom stereocenters. The van der Waals surface area contributed by atoms with Gasteiger partial charge in [0, 0.05) is 21.7 Å². The number of aliphatic hydroxyl groups is 1. The van der Waals surface area contributed by atoms with Gasteiger partial charge in [-0.25, -0.2) is 0 Å². The molecule has 3 aromatic rings. The summed E-state index contributed by atoms with van der Waals surface area (Å²) in [4.78, 5) is 0. The number of hydrogen-bond acceptors (Lipinski definition) is 1. The van der Waals surface area contributed by atoms with Crippen molar-refractivity contribution in [1.82, 2.24) is 0 Å². The molecule has 0 saturated carbocycles. The van der Waals surface area contributed by atoms with Crippen molar-refractivity contribution in [3.63, 3.8) is 0 Å². The summed E-state index contributed by atoms with van der Waals surface area (Å²) in [5.74, 6) is 0. The Morgan fingerprint density at radius 3 is 1.05 bits per heavy atom. The van der Waals surface area contributed by atoms with Crippen molar-refractivity contribution in [3.8, 4) is 0 Å². The van der Waals surface area contributed by atoms with Gasteiger partial charge in [0.1, 0.15) is 0 Å². The van der Waals surface area contributed by atoms with Crippen LogP contribution >= 0.6 is 0 Å². The quantitative estimate of drug-likeness (QED) is 0.568. The third kappa shape index (κ3) is 2.93. The molecule has 0 saturated heterocycles. The standard InChI is InChI=1S/C20H18O.Ti/c21-16-20(17-10-4-1-5-11-17,18-12-6-2-7-13-18)19-14-8-3-9-15-19;/h1-15,21H,16H2;. The Morgan fingerprint density at radius 2 is 0.818 bits per heavy atom. The molecule has 0 aliphatic heterocycles. The van der Waals surface area contributed by atoms with Gasteiger partial charge in [-0.15, -0.1) is 0 Å². The van der Waals surface area contributed by atoms with Crippen molar-refractivity contribution in [1.29, 1.82) is 0 Å². The summed E-state index contributed by atoms with van der Waals surface area (Å²) >= 11 is 0. The third-order valence-corrected chi connectivity index (χ3v) is 4.04. The first-order chi connectivity index (χ1) is 10.4. The second-order valence-corrected chi connectivity index (χ2v) is 5.16. The van der Waals surface area contributed by atoms with Gasteiger partial charge in [0.25, 0.3) is 0 Å². The van der Waals surface area contributed by atoms with E-state index in [0.29, 0.717) is 0 Å². The summed E-state index contributed by atoms with van der Waals surface area (Å²) in [6, 6.07) is 30.6. The van der Waals surface area contributed by atoms with Crippen LogP contribution in [0.15, 0.2) is 91.0 Å². The van der Waals surface area contributed by atoms with Gasteiger partial charge in [-0.1, -0.05) is 91.0 Å². The molecule has 0 radical (unpaired) electrons. The maximum Gasteiger partial charge on any atom is 0.0682 e. The second-order valence-electron chi connectivity index (χ2n) is 5.16. The Kier molecular flexibility index (Phi) is 5.73. The van der Waals surface area contributed by atoms with Crippen LogP contribution in [-0.4, -0.2) is 11.7 Å². The predicted molar refractivity (Wildman–Crippen MR) is 86.3 cm³/mol. The third-order valence-electron chi connectivity index (χ3n) is 4.04. The molecule has 0 amide bonds. The van der Waals surface area contributed by atoms with Crippen molar-refractivity contribution >= 4 is 0 Å². The van der Waals surface area contributed by atoms with Crippen LogP contribution in [0.5, 0.6) is 0 Å². The first kappa shape index (κ1) is 16.7. The zero-order valence-electron chi connectivity index (χ0n) is 12.3. The van der Waals surface area contributed by atoms with Crippen molar-refractivity contribution in [2.75, 3.05) is 6.61 Å². The van der Waals surface area contributed by atoms with Crippen LogP contribution < -0.4 is 0 Å². The molecule has 0 aliphatic carbocycles. The molecule has 0 aromatic heterocycles. The molecule has 1 nitrogen and oxygen atoms in total. The molecule has 0 fully saturated rings. The fourth-order valence-electron chi connectivity index (χ4n) is 2.94. The van der Waals surface area contributed by atoms with Gasteiger partial charge < -0.3 is 5.11 Å². The van der Waals surface area contributed by atoms with Crippen molar-refractivity contribution in [2.45, 2.75) is 5.41 Å². The molecule has 0 heterocycles. The first-order valence-corrected chi connectivity index (χ1v) is 7.15. The molecule has 0 aliphatic rings. The molecule has 108 valence electrons. The Hall–Kier alpha value is -1.67. The number of aliphatic hydroxyl groups excluding tert-OH is 1. The minimum absolute atomic E-state index is 0. The molecule has 0 spiro atoms. The Bertz CT molecular complexity index is 584. The number of hydrogen-bond donors (Lipinski definition) is 1. The molecular weight excluding hydrogens is 304 g/mol. The van der Waals surface area contributed by atoms with Crippen LogP contribution in [0.3, 0.4) is 0 Å². The van der Waals surface area contributed by atoms with E-state index in [2.05, 4.69) is 36.4 Å². The van der Waals surface area contributed by atoms with E-state index in [1.807, 2.05) is 54.6 Å². The SMILES string of the molecule is OCC(c1ccccc1)(c1ccccc1)c1ccccc1.[Ti]. The van der Waals surface area contributed by atoms with E-state index in [4.69, 9.17) is 0 Å². The van der Waals surface area contributed by atoms with E-state index in [1.165, 1.54) is 0 Å². The summed E-state index contributed by atoms with van der Waals surface area (Å²) in [7, 11) is 0. The summed E-state index contributed by atoms with van der Waals surface area (Å²) in [6.45, 7) is 0.0328. The van der Waals surface area contributed by atoms with E-state index in [-0.39, 0.29) is 28.3 Å². The van der Waals surface area contributed by atoms with Gasteiger partial charge in [-0.3, -0.25) is 0 Å². The van der Waals surface area contributed by atoms with Crippen LogP contribution in [0.1, 0.15) is 16.7 Å². The molecule has 3 aromatic carbocycles. The smallest absolute Gasteiger partial charge is 0.0682 e. The average Bonchev–Trinajstić information content (AvgIpc) is 2.59. The minimum atomic E-state index is -0.524. The monoisotopic (exact) mass is 322 g/mol. The van der Waals surface area contributed by atoms with Crippen molar-refractivity contribution < 1.29 is 26.8 Å². The molecule has 0 bridgehead atoms. The van der Waals surface area contributed by atoms with E-state index in [0.717, 1.165) is 16.7 Å². The molecule has 0 atom stereocenters. The molecule has 2 heteroatoms. The van der Waals surface area contributed by atoms with Crippen LogP contribution in [-0.2, 0) is 27.1 Å². The van der Waals surface area contributed by atoms with E-state index >= 15 is 0 Å². The topological polar surface area (TPSA) is 20.2 Å². The average molecular weight is 322 g/mol. The molecule has 1 N–H and O–H groups in total. The van der Waals surface area contributed by atoms with Crippen LogP contribution in [0, 0.1) is 0 Å². The van der Waals surface area contributed by atoms with E-state index in [9.17, 15) is 5.11 Å². The van der Waals surface area contributed by atoms with Crippen molar-refractivity contribution in [3.05, 3.63) is 108 Å². The van der Waals surface area contributed by atoms with Gasteiger partial charge in [-0.2, -0.15) is 0 Å². The first-order valence-electron chi connectivity index (χ1n) is 7.15. The molecule has 22 heavy (non-hydrogen) atoms. The summed E-state index contributed by atoms with van der Waals surface area (Å²) in [5, 5.41) is 10.3. The second kappa shape index (κ2) is 7.55. The number of rotatable bonds is 4. The maximum absolute atomic E-state index is 10.3. The Labute approximate surface area is 146 Å². The van der Waals surface area contributed by atoms with Crippen molar-refractivity contribution in [2.24, 2.45) is 0 Å². The van der Waals surface area contributed by atoms with E-state index < -0.39 is 5.41 Å². The van der Waals surface area contributed by atoms with Gasteiger partial charge in [0.15, 0.2) is 0 Å². The summed E-state index contributed by atoms with van der Waals surface area (Å²) < 4.78 is 0. The van der Waals surface area contributed by atoms with Gasteiger partial charge in [-0.05, 0) is 16.7 Å².